The Labute approximate surface area is 123 Å². The average Bonchev–Trinajstić information content (AvgIpc) is 2.45. The lowest BCUT2D eigenvalue weighted by Crippen LogP contribution is -2.29. The molecule has 6 heteroatoms. The third-order valence-electron chi connectivity index (χ3n) is 2.56. The lowest BCUT2D eigenvalue weighted by molar-refractivity contribution is 0.0952. The van der Waals surface area contributed by atoms with Crippen LogP contribution in [-0.2, 0) is 0 Å². The van der Waals surface area contributed by atoms with Gasteiger partial charge in [0.1, 0.15) is 0 Å². The first-order chi connectivity index (χ1) is 9.69. The summed E-state index contributed by atoms with van der Waals surface area (Å²) in [5.41, 5.74) is 5.85. The van der Waals surface area contributed by atoms with Crippen LogP contribution < -0.4 is 16.4 Å². The van der Waals surface area contributed by atoms with Crippen LogP contribution in [0.15, 0.2) is 29.2 Å². The Morgan fingerprint density at radius 1 is 1.20 bits per heavy atom. The molecule has 2 amide bonds. The van der Waals surface area contributed by atoms with Crippen LogP contribution in [0.1, 0.15) is 30.1 Å². The summed E-state index contributed by atoms with van der Waals surface area (Å²) >= 11 is 1.04. The van der Waals surface area contributed by atoms with Crippen molar-refractivity contribution >= 4 is 22.9 Å². The fourth-order valence-electron chi connectivity index (χ4n) is 1.53. The molecule has 4 N–H and O–H groups in total. The van der Waals surface area contributed by atoms with Crippen molar-refractivity contribution in [2.45, 2.75) is 24.7 Å². The molecule has 5 nitrogen and oxygen atoms in total. The Balaban J connectivity index is 2.65. The van der Waals surface area contributed by atoms with Crippen LogP contribution in [0.4, 0.5) is 4.79 Å². The largest absolute Gasteiger partial charge is 0.351 e. The summed E-state index contributed by atoms with van der Waals surface area (Å²) in [6.07, 6.45) is 1.98. The highest BCUT2D eigenvalue weighted by atomic mass is 32.2. The second-order valence-corrected chi connectivity index (χ2v) is 5.23. The fourth-order valence-corrected chi connectivity index (χ4v) is 2.32. The molecule has 0 aliphatic carbocycles. The van der Waals surface area contributed by atoms with Crippen LogP contribution in [0.5, 0.6) is 0 Å². The van der Waals surface area contributed by atoms with Crippen molar-refractivity contribution < 1.29 is 9.59 Å². The van der Waals surface area contributed by atoms with Crippen LogP contribution in [0.2, 0.25) is 0 Å². The number of rotatable bonds is 7. The summed E-state index contributed by atoms with van der Waals surface area (Å²) in [7, 11) is 0. The van der Waals surface area contributed by atoms with Crippen molar-refractivity contribution in [1.29, 1.82) is 0 Å². The van der Waals surface area contributed by atoms with E-state index in [2.05, 4.69) is 17.6 Å². The highest BCUT2D eigenvalue weighted by Gasteiger charge is 2.13. The van der Waals surface area contributed by atoms with Crippen molar-refractivity contribution in [3.63, 3.8) is 0 Å². The second kappa shape index (κ2) is 9.39. The van der Waals surface area contributed by atoms with Crippen LogP contribution in [0.25, 0.3) is 0 Å². The molecule has 1 aromatic rings. The first kappa shape index (κ1) is 16.5. The van der Waals surface area contributed by atoms with Gasteiger partial charge in [-0.05, 0) is 30.3 Å². The minimum absolute atomic E-state index is 0.141. The topological polar surface area (TPSA) is 84.2 Å². The summed E-state index contributed by atoms with van der Waals surface area (Å²) in [4.78, 5) is 24.4. The molecule has 0 fully saturated rings. The third-order valence-corrected chi connectivity index (χ3v) is 3.47. The molecule has 0 aliphatic heterocycles. The van der Waals surface area contributed by atoms with Gasteiger partial charge in [0.25, 0.3) is 11.1 Å². The summed E-state index contributed by atoms with van der Waals surface area (Å²) in [6, 6.07) is 7.05. The van der Waals surface area contributed by atoms with Gasteiger partial charge < -0.3 is 16.4 Å². The molecule has 0 heterocycles. The predicted octanol–water partition coefficient (Wildman–Crippen LogP) is 1.98. The van der Waals surface area contributed by atoms with Gasteiger partial charge in [0, 0.05) is 24.5 Å². The molecule has 1 aromatic carbocycles. The van der Waals surface area contributed by atoms with E-state index in [9.17, 15) is 9.59 Å². The lowest BCUT2D eigenvalue weighted by atomic mass is 10.2. The zero-order valence-electron chi connectivity index (χ0n) is 11.6. The number of carbonyl (C=O) groups is 2. The summed E-state index contributed by atoms with van der Waals surface area (Å²) < 4.78 is 0. The first-order valence-corrected chi connectivity index (χ1v) is 7.53. The normalized spacial score (nSPS) is 10.1. The summed E-state index contributed by atoms with van der Waals surface area (Å²) in [5, 5.41) is 5.38. The van der Waals surface area contributed by atoms with Gasteiger partial charge in [-0.25, -0.2) is 0 Å². The van der Waals surface area contributed by atoms with E-state index in [1.54, 1.807) is 24.3 Å². The molecule has 0 aliphatic rings. The number of carbonyl (C=O) groups excluding carboxylic acids is 2. The number of hydrogen-bond donors (Lipinski definition) is 3. The number of nitrogens with one attached hydrogen (secondary N) is 2. The van der Waals surface area contributed by atoms with Crippen LogP contribution in [0, 0.1) is 0 Å². The molecule has 1 rings (SSSR count). The van der Waals surface area contributed by atoms with E-state index in [0.29, 0.717) is 30.1 Å². The van der Waals surface area contributed by atoms with Gasteiger partial charge in [-0.15, -0.1) is 0 Å². The van der Waals surface area contributed by atoms with E-state index in [-0.39, 0.29) is 11.1 Å². The number of hydrogen-bond acceptors (Lipinski definition) is 4. The van der Waals surface area contributed by atoms with Gasteiger partial charge in [0.05, 0.1) is 5.56 Å². The standard InChI is InChI=1S/C14H21N3O2S/c1-2-3-9-17-14(19)20-12-7-5-4-6-11(12)13(18)16-10-8-15/h4-7H,2-3,8-10,15H2,1H3,(H,16,18)(H,17,19). The third kappa shape index (κ3) is 5.63. The Bertz CT molecular complexity index is 452. The van der Waals surface area contributed by atoms with Crippen LogP contribution in [0.3, 0.4) is 0 Å². The summed E-state index contributed by atoms with van der Waals surface area (Å²) in [5.74, 6) is -0.208. The van der Waals surface area contributed by atoms with Crippen molar-refractivity contribution in [2.75, 3.05) is 19.6 Å². The Hall–Kier alpha value is -1.53. The first-order valence-electron chi connectivity index (χ1n) is 6.72. The van der Waals surface area contributed by atoms with Crippen LogP contribution in [-0.4, -0.2) is 30.8 Å². The van der Waals surface area contributed by atoms with E-state index in [1.807, 2.05) is 0 Å². The minimum Gasteiger partial charge on any atom is -0.351 e. The monoisotopic (exact) mass is 295 g/mol. The van der Waals surface area contributed by atoms with Crippen molar-refractivity contribution in [1.82, 2.24) is 10.6 Å². The smallest absolute Gasteiger partial charge is 0.283 e. The number of benzene rings is 1. The van der Waals surface area contributed by atoms with E-state index >= 15 is 0 Å². The predicted molar refractivity (Wildman–Crippen MR) is 82.0 cm³/mol. The molecule has 0 spiro atoms. The van der Waals surface area contributed by atoms with Crippen molar-refractivity contribution in [3.8, 4) is 0 Å². The quantitative estimate of drug-likeness (QED) is 0.530. The van der Waals surface area contributed by atoms with Crippen LogP contribution >= 0.6 is 11.8 Å². The maximum Gasteiger partial charge on any atom is 0.283 e. The Kier molecular flexibility index (Phi) is 7.75. The lowest BCUT2D eigenvalue weighted by Gasteiger charge is -2.09. The van der Waals surface area contributed by atoms with Gasteiger partial charge in [0.2, 0.25) is 0 Å². The zero-order valence-corrected chi connectivity index (χ0v) is 12.5. The average molecular weight is 295 g/mol. The van der Waals surface area contributed by atoms with Gasteiger partial charge >= 0.3 is 0 Å². The molecular formula is C14H21N3O2S. The summed E-state index contributed by atoms with van der Waals surface area (Å²) in [6.45, 7) is 3.53. The number of amides is 2. The molecule has 20 heavy (non-hydrogen) atoms. The van der Waals surface area contributed by atoms with E-state index in [1.165, 1.54) is 0 Å². The Morgan fingerprint density at radius 3 is 2.65 bits per heavy atom. The molecule has 0 bridgehead atoms. The molecule has 0 radical (unpaired) electrons. The Morgan fingerprint density at radius 2 is 1.95 bits per heavy atom. The molecule has 110 valence electrons. The number of thioether (sulfide) groups is 1. The molecule has 0 atom stereocenters. The van der Waals surface area contributed by atoms with Crippen molar-refractivity contribution in [2.24, 2.45) is 5.73 Å². The van der Waals surface area contributed by atoms with E-state index in [0.717, 1.165) is 24.6 Å². The van der Waals surface area contributed by atoms with Crippen molar-refractivity contribution in [3.05, 3.63) is 29.8 Å². The SMILES string of the molecule is CCCCNC(=O)Sc1ccccc1C(=O)NCCN. The maximum absolute atomic E-state index is 12.0. The molecule has 0 saturated carbocycles. The molecule has 0 aromatic heterocycles. The molecule has 0 saturated heterocycles. The second-order valence-electron chi connectivity index (χ2n) is 4.21. The highest BCUT2D eigenvalue weighted by Crippen LogP contribution is 2.23. The highest BCUT2D eigenvalue weighted by molar-refractivity contribution is 8.13. The van der Waals surface area contributed by atoms with Gasteiger partial charge in [-0.2, -0.15) is 0 Å². The number of unbranched alkanes of at least 4 members (excludes halogenated alkanes) is 1. The van der Waals surface area contributed by atoms with Gasteiger partial charge in [-0.3, -0.25) is 9.59 Å². The van der Waals surface area contributed by atoms with E-state index < -0.39 is 0 Å². The minimum atomic E-state index is -0.208. The van der Waals surface area contributed by atoms with E-state index in [4.69, 9.17) is 5.73 Å². The van der Waals surface area contributed by atoms with Gasteiger partial charge in [0.15, 0.2) is 0 Å². The maximum atomic E-state index is 12.0. The molecular weight excluding hydrogens is 274 g/mol. The molecule has 0 unspecified atom stereocenters. The fraction of sp³-hybridized carbons (Fsp3) is 0.429. The zero-order chi connectivity index (χ0) is 14.8. The van der Waals surface area contributed by atoms with Gasteiger partial charge in [-0.1, -0.05) is 25.5 Å². The number of nitrogens with two attached hydrogens (primary N) is 1.